The molecule has 0 amide bonds. The van der Waals surface area contributed by atoms with E-state index >= 15 is 0 Å². The molecule has 1 heterocycles. The van der Waals surface area contributed by atoms with Crippen molar-refractivity contribution in [3.63, 3.8) is 0 Å². The molecule has 2 aliphatic rings. The number of aliphatic hydroxyl groups is 1. The van der Waals surface area contributed by atoms with Gasteiger partial charge in [-0.05, 0) is 12.3 Å². The number of ether oxygens (including phenoxy) is 4. The molecule has 1 fully saturated rings. The van der Waals surface area contributed by atoms with E-state index in [1.165, 1.54) is 20.8 Å². The lowest BCUT2D eigenvalue weighted by atomic mass is 9.75. The number of carbonyl (C=O) groups is 4. The quantitative estimate of drug-likeness (QED) is 0.237. The first-order valence-corrected chi connectivity index (χ1v) is 11.4. The fourth-order valence-corrected chi connectivity index (χ4v) is 4.69. The van der Waals surface area contributed by atoms with Crippen LogP contribution in [0.15, 0.2) is 16.3 Å². The van der Waals surface area contributed by atoms with Crippen molar-refractivity contribution in [2.75, 3.05) is 6.61 Å². The number of aliphatic hydroxyl groups excluding tert-OH is 1. The second-order valence-electron chi connectivity index (χ2n) is 8.94. The normalized spacial score (nSPS) is 30.0. The van der Waals surface area contributed by atoms with Gasteiger partial charge in [-0.2, -0.15) is 0 Å². The standard InChI is InChI=1S/C22H30BrNO9/c1-10(17-14(28)7-22(5,6)8-15(17)29)24-18-20(32-13(4)27)19(31-12(3)26)16(33-21(18)23)9-30-11(2)25/h16,18-21,28H,7-9H2,1-6H3/t16-,18-,19-,20-,21+/m1/s1. The molecule has 1 aliphatic heterocycles. The summed E-state index contributed by atoms with van der Waals surface area (Å²) in [5.74, 6) is -2.19. The Kier molecular flexibility index (Phi) is 8.81. The number of halogens is 1. The largest absolute Gasteiger partial charge is 0.511 e. The molecule has 0 spiro atoms. The number of nitrogens with zero attached hydrogens (tertiary/aromatic N) is 1. The summed E-state index contributed by atoms with van der Waals surface area (Å²) < 4.78 is 21.7. The molecule has 2 rings (SSSR count). The van der Waals surface area contributed by atoms with Crippen molar-refractivity contribution < 1.29 is 43.2 Å². The monoisotopic (exact) mass is 531 g/mol. The van der Waals surface area contributed by atoms with E-state index in [1.54, 1.807) is 6.92 Å². The average Bonchev–Trinajstić information content (AvgIpc) is 2.62. The predicted molar refractivity (Wildman–Crippen MR) is 120 cm³/mol. The lowest BCUT2D eigenvalue weighted by Crippen LogP contribution is -2.59. The maximum Gasteiger partial charge on any atom is 0.303 e. The van der Waals surface area contributed by atoms with Gasteiger partial charge < -0.3 is 24.1 Å². The minimum atomic E-state index is -1.13. The molecular formula is C22H30BrNO9. The molecule has 1 aliphatic carbocycles. The van der Waals surface area contributed by atoms with Crippen molar-refractivity contribution in [1.82, 2.24) is 0 Å². The fourth-order valence-electron chi connectivity index (χ4n) is 4.00. The van der Waals surface area contributed by atoms with Crippen LogP contribution in [0.5, 0.6) is 0 Å². The van der Waals surface area contributed by atoms with Gasteiger partial charge in [0, 0.05) is 39.3 Å². The second-order valence-corrected chi connectivity index (χ2v) is 9.85. The number of esters is 3. The number of rotatable bonds is 6. The fraction of sp³-hybridized carbons (Fsp3) is 0.682. The predicted octanol–water partition coefficient (Wildman–Crippen LogP) is 2.56. The van der Waals surface area contributed by atoms with Gasteiger partial charge in [0.1, 0.15) is 29.5 Å². The highest BCUT2D eigenvalue weighted by Gasteiger charge is 2.50. The summed E-state index contributed by atoms with van der Waals surface area (Å²) >= 11 is 3.36. The Hall–Kier alpha value is -2.27. The van der Waals surface area contributed by atoms with Gasteiger partial charge in [-0.15, -0.1) is 0 Å². The Labute approximate surface area is 200 Å². The molecule has 0 aromatic carbocycles. The van der Waals surface area contributed by atoms with Crippen molar-refractivity contribution >= 4 is 45.3 Å². The molecule has 11 heteroatoms. The van der Waals surface area contributed by atoms with Crippen LogP contribution in [-0.4, -0.2) is 70.5 Å². The molecule has 1 N–H and O–H groups in total. The van der Waals surface area contributed by atoms with Crippen LogP contribution in [0.1, 0.15) is 54.4 Å². The third kappa shape index (κ3) is 7.10. The molecule has 0 bridgehead atoms. The average molecular weight is 532 g/mol. The molecule has 0 aromatic heterocycles. The first-order valence-electron chi connectivity index (χ1n) is 10.5. The van der Waals surface area contributed by atoms with Crippen molar-refractivity contribution in [3.8, 4) is 0 Å². The van der Waals surface area contributed by atoms with Crippen molar-refractivity contribution in [2.45, 2.75) is 83.8 Å². The van der Waals surface area contributed by atoms with Gasteiger partial charge in [0.2, 0.25) is 0 Å². The summed E-state index contributed by atoms with van der Waals surface area (Å²) in [6, 6.07) is -0.935. The van der Waals surface area contributed by atoms with Crippen molar-refractivity contribution in [3.05, 3.63) is 11.3 Å². The molecule has 33 heavy (non-hydrogen) atoms. The van der Waals surface area contributed by atoms with E-state index in [9.17, 15) is 24.3 Å². The zero-order valence-corrected chi connectivity index (χ0v) is 21.1. The van der Waals surface area contributed by atoms with Crippen LogP contribution in [0.25, 0.3) is 0 Å². The zero-order chi connectivity index (χ0) is 25.1. The van der Waals surface area contributed by atoms with E-state index in [0.29, 0.717) is 6.42 Å². The highest BCUT2D eigenvalue weighted by Crippen LogP contribution is 2.37. The van der Waals surface area contributed by atoms with Gasteiger partial charge in [0.05, 0.1) is 5.57 Å². The molecule has 0 aromatic rings. The van der Waals surface area contributed by atoms with Gasteiger partial charge in [-0.25, -0.2) is 0 Å². The summed E-state index contributed by atoms with van der Waals surface area (Å²) in [6.45, 7) is 8.69. The number of hydrogen-bond acceptors (Lipinski definition) is 10. The summed E-state index contributed by atoms with van der Waals surface area (Å²) in [7, 11) is 0. The van der Waals surface area contributed by atoms with Crippen LogP contribution in [0.2, 0.25) is 0 Å². The third-order valence-electron chi connectivity index (χ3n) is 5.21. The Morgan fingerprint density at radius 3 is 2.15 bits per heavy atom. The number of Topliss-reactive ketones (excluding diaryl/α,β-unsaturated/α-hetero) is 1. The minimum Gasteiger partial charge on any atom is -0.511 e. The summed E-state index contributed by atoms with van der Waals surface area (Å²) in [6.07, 6.45) is -2.63. The number of ketones is 1. The van der Waals surface area contributed by atoms with Crippen molar-refractivity contribution in [1.29, 1.82) is 0 Å². The number of aliphatic imine (C=N–C) groups is 1. The molecule has 5 atom stereocenters. The van der Waals surface area contributed by atoms with E-state index in [2.05, 4.69) is 20.9 Å². The Morgan fingerprint density at radius 2 is 1.64 bits per heavy atom. The number of alkyl halides is 1. The molecule has 0 saturated carbocycles. The van der Waals surface area contributed by atoms with E-state index in [4.69, 9.17) is 18.9 Å². The van der Waals surface area contributed by atoms with E-state index < -0.39 is 47.3 Å². The summed E-state index contributed by atoms with van der Waals surface area (Å²) in [4.78, 5) is 52.2. The molecule has 1 saturated heterocycles. The number of carbonyl (C=O) groups excluding carboxylic acids is 4. The van der Waals surface area contributed by atoms with Gasteiger partial charge in [0.25, 0.3) is 0 Å². The van der Waals surface area contributed by atoms with E-state index in [-0.39, 0.29) is 41.3 Å². The van der Waals surface area contributed by atoms with Gasteiger partial charge >= 0.3 is 17.9 Å². The lowest BCUT2D eigenvalue weighted by Gasteiger charge is -2.42. The molecule has 0 radical (unpaired) electrons. The maximum absolute atomic E-state index is 12.7. The Morgan fingerprint density at radius 1 is 1.06 bits per heavy atom. The minimum absolute atomic E-state index is 0.0614. The van der Waals surface area contributed by atoms with Crippen molar-refractivity contribution in [2.24, 2.45) is 10.4 Å². The van der Waals surface area contributed by atoms with Gasteiger partial charge in [-0.3, -0.25) is 24.2 Å². The van der Waals surface area contributed by atoms with Gasteiger partial charge in [0.15, 0.2) is 18.0 Å². The first kappa shape index (κ1) is 27.0. The second kappa shape index (κ2) is 10.8. The van der Waals surface area contributed by atoms with E-state index in [0.717, 1.165) is 0 Å². The van der Waals surface area contributed by atoms with Crippen LogP contribution in [0.3, 0.4) is 0 Å². The highest BCUT2D eigenvalue weighted by molar-refractivity contribution is 9.09. The topological polar surface area (TPSA) is 138 Å². The van der Waals surface area contributed by atoms with Gasteiger partial charge in [-0.1, -0.05) is 29.8 Å². The Bertz CT molecular complexity index is 879. The third-order valence-corrected chi connectivity index (χ3v) is 5.97. The number of hydrogen-bond donors (Lipinski definition) is 1. The molecule has 184 valence electrons. The van der Waals surface area contributed by atoms with Crippen LogP contribution in [-0.2, 0) is 38.1 Å². The molecular weight excluding hydrogens is 502 g/mol. The van der Waals surface area contributed by atoms with Crippen LogP contribution >= 0.6 is 15.9 Å². The summed E-state index contributed by atoms with van der Waals surface area (Å²) in [5, 5.41) is 9.67. The van der Waals surface area contributed by atoms with E-state index in [1.807, 2.05) is 13.8 Å². The van der Waals surface area contributed by atoms with Crippen LogP contribution < -0.4 is 0 Å². The molecule has 0 unspecified atom stereocenters. The maximum atomic E-state index is 12.7. The van der Waals surface area contributed by atoms with Crippen LogP contribution in [0, 0.1) is 5.41 Å². The van der Waals surface area contributed by atoms with Crippen LogP contribution in [0.4, 0.5) is 0 Å². The highest BCUT2D eigenvalue weighted by atomic mass is 79.9. The zero-order valence-electron chi connectivity index (χ0n) is 19.5. The first-order chi connectivity index (χ1) is 15.2. The Balaban J connectivity index is 2.46. The summed E-state index contributed by atoms with van der Waals surface area (Å²) in [5.41, 5.74) is -0.0218. The SMILES string of the molecule is CC(=O)OC[C@H]1O[C@H](Br)[C@H](N=C(C)C2=C(O)CC(C)(C)CC2=O)[C@@H](OC(C)=O)[C@@H]1OC(C)=O. The smallest absolute Gasteiger partial charge is 0.303 e. The lowest BCUT2D eigenvalue weighted by molar-refractivity contribution is -0.207. The number of allylic oxidation sites excluding steroid dienone is 2. The molecule has 10 nitrogen and oxygen atoms in total.